The van der Waals surface area contributed by atoms with Crippen molar-refractivity contribution >= 4 is 16.9 Å². The zero-order valence-electron chi connectivity index (χ0n) is 10.6. The Morgan fingerprint density at radius 2 is 2.00 bits per heavy atom. The van der Waals surface area contributed by atoms with Gasteiger partial charge in [0.25, 0.3) is 0 Å². The summed E-state index contributed by atoms with van der Waals surface area (Å²) in [4.78, 5) is 23.6. The first-order valence-corrected chi connectivity index (χ1v) is 5.42. The zero-order valence-corrected chi connectivity index (χ0v) is 10.6. The van der Waals surface area contributed by atoms with Gasteiger partial charge in [-0.25, -0.2) is 4.79 Å². The first-order valence-electron chi connectivity index (χ1n) is 5.42. The summed E-state index contributed by atoms with van der Waals surface area (Å²) in [5.74, 6) is -0.832. The van der Waals surface area contributed by atoms with E-state index in [9.17, 15) is 14.7 Å². The zero-order chi connectivity index (χ0) is 14.2. The van der Waals surface area contributed by atoms with Crippen LogP contribution in [0.1, 0.15) is 16.1 Å². The van der Waals surface area contributed by atoms with Gasteiger partial charge in [-0.3, -0.25) is 4.79 Å². The fraction of sp³-hybridized carbons (Fsp3) is 0.231. The van der Waals surface area contributed by atoms with Gasteiger partial charge in [0.2, 0.25) is 0 Å². The molecule has 6 heteroatoms. The first kappa shape index (κ1) is 12.9. The van der Waals surface area contributed by atoms with Gasteiger partial charge in [0.1, 0.15) is 28.0 Å². The quantitative estimate of drug-likeness (QED) is 0.829. The van der Waals surface area contributed by atoms with E-state index in [0.717, 1.165) is 0 Å². The molecule has 0 bridgehead atoms. The molecule has 1 heterocycles. The average Bonchev–Trinajstić information content (AvgIpc) is 2.35. The molecule has 0 saturated carbocycles. The van der Waals surface area contributed by atoms with Crippen LogP contribution < -0.4 is 10.2 Å². The monoisotopic (exact) mass is 264 g/mol. The number of carbonyl (C=O) groups is 1. The number of phenolic OH excluding ortho intramolecular Hbond substituents is 1. The maximum absolute atomic E-state index is 12.0. The number of benzene rings is 1. The van der Waals surface area contributed by atoms with Gasteiger partial charge in [0.15, 0.2) is 11.2 Å². The van der Waals surface area contributed by atoms with Gasteiger partial charge >= 0.3 is 5.97 Å². The van der Waals surface area contributed by atoms with Gasteiger partial charge in [-0.05, 0) is 6.92 Å². The highest BCUT2D eigenvalue weighted by Crippen LogP contribution is 2.35. The molecule has 6 nitrogen and oxygen atoms in total. The molecule has 0 fully saturated rings. The van der Waals surface area contributed by atoms with E-state index >= 15 is 0 Å². The molecule has 0 aliphatic carbocycles. The van der Waals surface area contributed by atoms with Crippen LogP contribution in [0, 0.1) is 6.92 Å². The summed E-state index contributed by atoms with van der Waals surface area (Å²) in [6.45, 7) is 1.61. The first-order chi connectivity index (χ1) is 8.99. The molecule has 1 aromatic carbocycles. The molecule has 2 rings (SSSR count). The lowest BCUT2D eigenvalue weighted by Crippen LogP contribution is -2.09. The van der Waals surface area contributed by atoms with Crippen LogP contribution in [0.5, 0.6) is 11.5 Å². The van der Waals surface area contributed by atoms with Gasteiger partial charge in [-0.1, -0.05) is 0 Å². The highest BCUT2D eigenvalue weighted by atomic mass is 16.5. The third kappa shape index (κ3) is 2.01. The number of methoxy groups -OCH3 is 2. The maximum atomic E-state index is 12.0. The van der Waals surface area contributed by atoms with Crippen molar-refractivity contribution in [1.82, 2.24) is 0 Å². The number of hydrogen-bond acceptors (Lipinski definition) is 6. The Labute approximate surface area is 108 Å². The molecule has 2 aromatic rings. The van der Waals surface area contributed by atoms with Crippen molar-refractivity contribution in [2.75, 3.05) is 14.2 Å². The lowest BCUT2D eigenvalue weighted by Gasteiger charge is -2.11. The fourth-order valence-corrected chi connectivity index (χ4v) is 1.90. The Kier molecular flexibility index (Phi) is 3.16. The standard InChI is InChI=1S/C13H12O6/c1-6-4-7(14)10-9(19-6)5-8(15)11(12(10)17-2)13(16)18-3/h4-5,15H,1-3H3. The Morgan fingerprint density at radius 3 is 2.58 bits per heavy atom. The number of phenols is 1. The van der Waals surface area contributed by atoms with E-state index in [-0.39, 0.29) is 33.5 Å². The number of hydrogen-bond donors (Lipinski definition) is 1. The molecular formula is C13H12O6. The highest BCUT2D eigenvalue weighted by Gasteiger charge is 2.24. The Hall–Kier alpha value is -2.50. The highest BCUT2D eigenvalue weighted by molar-refractivity contribution is 6.02. The molecule has 0 spiro atoms. The Balaban J connectivity index is 2.97. The van der Waals surface area contributed by atoms with Gasteiger partial charge in [-0.15, -0.1) is 0 Å². The van der Waals surface area contributed by atoms with Crippen LogP contribution in [0.25, 0.3) is 11.0 Å². The summed E-state index contributed by atoms with van der Waals surface area (Å²) in [6, 6.07) is 2.47. The molecule has 1 N–H and O–H groups in total. The summed E-state index contributed by atoms with van der Waals surface area (Å²) in [7, 11) is 2.46. The lowest BCUT2D eigenvalue weighted by atomic mass is 10.1. The summed E-state index contributed by atoms with van der Waals surface area (Å²) < 4.78 is 15.0. The van der Waals surface area contributed by atoms with Crippen LogP contribution >= 0.6 is 0 Å². The molecule has 0 atom stereocenters. The normalized spacial score (nSPS) is 10.5. The van der Waals surface area contributed by atoms with Gasteiger partial charge in [0, 0.05) is 12.1 Å². The number of rotatable bonds is 2. The fourth-order valence-electron chi connectivity index (χ4n) is 1.90. The third-order valence-corrected chi connectivity index (χ3v) is 2.67. The third-order valence-electron chi connectivity index (χ3n) is 2.67. The van der Waals surface area contributed by atoms with Crippen molar-refractivity contribution in [2.45, 2.75) is 6.92 Å². The molecule has 0 aliphatic rings. The number of aryl methyl sites for hydroxylation is 1. The Morgan fingerprint density at radius 1 is 1.32 bits per heavy atom. The van der Waals surface area contributed by atoms with E-state index in [1.54, 1.807) is 6.92 Å². The van der Waals surface area contributed by atoms with E-state index in [1.165, 1.54) is 26.4 Å². The molecule has 1 aromatic heterocycles. The number of ether oxygens (including phenoxy) is 2. The van der Waals surface area contributed by atoms with Crippen molar-refractivity contribution in [3.8, 4) is 11.5 Å². The van der Waals surface area contributed by atoms with E-state index < -0.39 is 5.97 Å². The number of fused-ring (bicyclic) bond motifs is 1. The van der Waals surface area contributed by atoms with Crippen molar-refractivity contribution in [2.24, 2.45) is 0 Å². The Bertz CT molecular complexity index is 713. The lowest BCUT2D eigenvalue weighted by molar-refractivity contribution is 0.0594. The molecular weight excluding hydrogens is 252 g/mol. The van der Waals surface area contributed by atoms with Crippen LogP contribution in [0.15, 0.2) is 21.3 Å². The molecule has 0 amide bonds. The minimum Gasteiger partial charge on any atom is -0.507 e. The maximum Gasteiger partial charge on any atom is 0.345 e. The van der Waals surface area contributed by atoms with Gasteiger partial charge < -0.3 is 19.0 Å². The van der Waals surface area contributed by atoms with E-state index in [0.29, 0.717) is 5.76 Å². The van der Waals surface area contributed by atoms with Crippen LogP contribution in [-0.2, 0) is 4.74 Å². The smallest absolute Gasteiger partial charge is 0.345 e. The summed E-state index contributed by atoms with van der Waals surface area (Å²) in [5.41, 5.74) is -0.415. The van der Waals surface area contributed by atoms with Crippen LogP contribution in [0.2, 0.25) is 0 Å². The summed E-state index contributed by atoms with van der Waals surface area (Å²) >= 11 is 0. The SMILES string of the molecule is COC(=O)c1c(O)cc2oc(C)cc(=O)c2c1OC. The van der Waals surface area contributed by atoms with Crippen LogP contribution in [-0.4, -0.2) is 25.3 Å². The minimum atomic E-state index is -0.795. The predicted octanol–water partition coefficient (Wildman–Crippen LogP) is 1.60. The minimum absolute atomic E-state index is 0.0596. The van der Waals surface area contributed by atoms with Crippen LogP contribution in [0.4, 0.5) is 0 Å². The molecule has 100 valence electrons. The molecule has 0 unspecified atom stereocenters. The summed E-state index contributed by atoms with van der Waals surface area (Å²) in [5, 5.41) is 9.95. The van der Waals surface area contributed by atoms with E-state index in [1.807, 2.05) is 0 Å². The predicted molar refractivity (Wildman–Crippen MR) is 66.8 cm³/mol. The largest absolute Gasteiger partial charge is 0.507 e. The molecule has 0 saturated heterocycles. The van der Waals surface area contributed by atoms with Crippen molar-refractivity contribution in [1.29, 1.82) is 0 Å². The topological polar surface area (TPSA) is 86.0 Å². The molecule has 0 aliphatic heterocycles. The second kappa shape index (κ2) is 4.64. The second-order valence-corrected chi connectivity index (χ2v) is 3.89. The second-order valence-electron chi connectivity index (χ2n) is 3.89. The van der Waals surface area contributed by atoms with E-state index in [4.69, 9.17) is 9.15 Å². The van der Waals surface area contributed by atoms with Gasteiger partial charge in [0.05, 0.1) is 14.2 Å². The van der Waals surface area contributed by atoms with Crippen molar-refractivity contribution in [3.05, 3.63) is 33.7 Å². The number of aromatic hydroxyl groups is 1. The van der Waals surface area contributed by atoms with Crippen molar-refractivity contribution < 1.29 is 23.8 Å². The number of carbonyl (C=O) groups excluding carboxylic acids is 1. The van der Waals surface area contributed by atoms with Crippen LogP contribution in [0.3, 0.4) is 0 Å². The van der Waals surface area contributed by atoms with Gasteiger partial charge in [-0.2, -0.15) is 0 Å². The van der Waals surface area contributed by atoms with E-state index in [2.05, 4.69) is 4.74 Å². The van der Waals surface area contributed by atoms with Crippen molar-refractivity contribution in [3.63, 3.8) is 0 Å². The average molecular weight is 264 g/mol. The molecule has 19 heavy (non-hydrogen) atoms. The number of esters is 1. The molecule has 0 radical (unpaired) electrons. The summed E-state index contributed by atoms with van der Waals surface area (Å²) in [6.07, 6.45) is 0.